The van der Waals surface area contributed by atoms with Crippen LogP contribution in [0.4, 0.5) is 10.2 Å². The number of nitrogens with zero attached hydrogens (tertiary/aromatic N) is 5. The van der Waals surface area contributed by atoms with Gasteiger partial charge in [0, 0.05) is 48.0 Å². The highest BCUT2D eigenvalue weighted by atomic mass is 19.1. The highest BCUT2D eigenvalue weighted by molar-refractivity contribution is 5.92. The summed E-state index contributed by atoms with van der Waals surface area (Å²) in [7, 11) is 0. The molecule has 0 atom stereocenters. The molecule has 4 aromatic heterocycles. The molecule has 32 heavy (non-hydrogen) atoms. The van der Waals surface area contributed by atoms with Crippen molar-refractivity contribution < 1.29 is 9.13 Å². The molecule has 1 saturated heterocycles. The first kappa shape index (κ1) is 18.9. The number of fused-ring (bicyclic) bond motifs is 3. The first-order chi connectivity index (χ1) is 15.6. The Hall–Kier alpha value is -3.85. The Kier molecular flexibility index (Phi) is 4.19. The topological polar surface area (TPSA) is 100 Å². The van der Waals surface area contributed by atoms with Crippen LogP contribution in [0.1, 0.15) is 18.9 Å². The largest absolute Gasteiger partial charge is 0.383 e. The Labute approximate surface area is 181 Å². The van der Waals surface area contributed by atoms with Gasteiger partial charge in [0.2, 0.25) is 0 Å². The van der Waals surface area contributed by atoms with Gasteiger partial charge in [-0.3, -0.25) is 14.3 Å². The molecule has 0 saturated carbocycles. The van der Waals surface area contributed by atoms with Crippen LogP contribution in [0.3, 0.4) is 0 Å². The Balaban J connectivity index is 1.61. The number of nitrogen functional groups attached to an aromatic ring is 1. The van der Waals surface area contributed by atoms with E-state index in [0.29, 0.717) is 52.2 Å². The fourth-order valence-corrected chi connectivity index (χ4v) is 4.45. The summed E-state index contributed by atoms with van der Waals surface area (Å²) < 4.78 is 22.5. The Morgan fingerprint density at radius 1 is 1.06 bits per heavy atom. The van der Waals surface area contributed by atoms with Crippen molar-refractivity contribution in [3.05, 3.63) is 65.0 Å². The maximum atomic E-state index is 13.7. The van der Waals surface area contributed by atoms with Gasteiger partial charge in [0.05, 0.1) is 17.1 Å². The molecule has 8 nitrogen and oxygen atoms in total. The Bertz CT molecular complexity index is 1570. The minimum absolute atomic E-state index is 0.00835. The third-order valence-electron chi connectivity index (χ3n) is 6.07. The van der Waals surface area contributed by atoms with Gasteiger partial charge >= 0.3 is 0 Å². The van der Waals surface area contributed by atoms with Gasteiger partial charge in [-0.05, 0) is 43.2 Å². The summed E-state index contributed by atoms with van der Waals surface area (Å²) in [6, 6.07) is 9.52. The summed E-state index contributed by atoms with van der Waals surface area (Å²) in [6.45, 7) is 1.20. The molecule has 1 fully saturated rings. The predicted molar refractivity (Wildman–Crippen MR) is 119 cm³/mol. The summed E-state index contributed by atoms with van der Waals surface area (Å²) in [5.41, 5.74) is 9.51. The van der Waals surface area contributed by atoms with Crippen molar-refractivity contribution in [1.82, 2.24) is 24.1 Å². The van der Waals surface area contributed by atoms with E-state index in [2.05, 4.69) is 10.1 Å². The lowest BCUT2D eigenvalue weighted by Crippen LogP contribution is -2.29. The molecule has 0 spiro atoms. The summed E-state index contributed by atoms with van der Waals surface area (Å²) in [6.07, 6.45) is 4.84. The molecule has 0 amide bonds. The molecular weight excluding hydrogens is 411 g/mol. The smallest absolute Gasteiger partial charge is 0.252 e. The number of hydrogen-bond acceptors (Lipinski definition) is 6. The molecule has 6 rings (SSSR count). The first-order valence-electron chi connectivity index (χ1n) is 10.4. The molecule has 2 N–H and O–H groups in total. The number of halogens is 1. The van der Waals surface area contributed by atoms with E-state index in [1.807, 2.05) is 6.07 Å². The van der Waals surface area contributed by atoms with Crippen molar-refractivity contribution in [3.8, 4) is 11.1 Å². The Morgan fingerprint density at radius 2 is 1.91 bits per heavy atom. The van der Waals surface area contributed by atoms with Gasteiger partial charge in [0.1, 0.15) is 17.3 Å². The summed E-state index contributed by atoms with van der Waals surface area (Å²) in [4.78, 5) is 22.1. The zero-order valence-corrected chi connectivity index (χ0v) is 17.0. The van der Waals surface area contributed by atoms with E-state index in [-0.39, 0.29) is 17.4 Å². The van der Waals surface area contributed by atoms with Crippen LogP contribution in [0.2, 0.25) is 0 Å². The van der Waals surface area contributed by atoms with Gasteiger partial charge in [-0.1, -0.05) is 0 Å². The number of hydrogen-bond donors (Lipinski definition) is 1. The number of ether oxygens (including phenoxy) is 1. The zero-order chi connectivity index (χ0) is 21.8. The van der Waals surface area contributed by atoms with E-state index in [1.54, 1.807) is 33.6 Å². The summed E-state index contributed by atoms with van der Waals surface area (Å²) >= 11 is 0. The predicted octanol–water partition coefficient (Wildman–Crippen LogP) is 3.33. The number of rotatable bonds is 2. The van der Waals surface area contributed by atoms with Crippen LogP contribution in [0.5, 0.6) is 0 Å². The third kappa shape index (κ3) is 2.85. The normalized spacial score (nSPS) is 15.2. The van der Waals surface area contributed by atoms with Gasteiger partial charge in [0.15, 0.2) is 5.65 Å². The molecule has 0 unspecified atom stereocenters. The lowest BCUT2D eigenvalue weighted by atomic mass is 10.1. The number of aromatic nitrogens is 5. The molecular formula is C23H19FN6O2. The maximum Gasteiger partial charge on any atom is 0.252 e. The van der Waals surface area contributed by atoms with E-state index in [9.17, 15) is 9.18 Å². The SMILES string of the molecule is Nc1c2ccc(=O)n(C3CCOCC3)c2nc2c(-c3cnc4ccc(F)cc4c3)cnn12. The minimum atomic E-state index is -0.329. The maximum absolute atomic E-state index is 13.7. The number of benzene rings is 1. The van der Waals surface area contributed by atoms with Gasteiger partial charge in [-0.25, -0.2) is 9.37 Å². The number of nitrogens with two attached hydrogens (primary N) is 1. The fraction of sp³-hybridized carbons (Fsp3) is 0.217. The number of pyridine rings is 2. The van der Waals surface area contributed by atoms with E-state index in [4.69, 9.17) is 15.5 Å². The van der Waals surface area contributed by atoms with Crippen molar-refractivity contribution in [3.63, 3.8) is 0 Å². The summed E-state index contributed by atoms with van der Waals surface area (Å²) in [5, 5.41) is 5.77. The fourth-order valence-electron chi connectivity index (χ4n) is 4.45. The van der Waals surface area contributed by atoms with E-state index in [0.717, 1.165) is 18.4 Å². The van der Waals surface area contributed by atoms with Crippen molar-refractivity contribution >= 4 is 33.4 Å². The molecule has 1 aromatic carbocycles. The minimum Gasteiger partial charge on any atom is -0.383 e. The summed E-state index contributed by atoms with van der Waals surface area (Å²) in [5.74, 6) is 0.0713. The van der Waals surface area contributed by atoms with Crippen molar-refractivity contribution in [1.29, 1.82) is 0 Å². The molecule has 0 radical (unpaired) electrons. The first-order valence-corrected chi connectivity index (χ1v) is 10.4. The van der Waals surface area contributed by atoms with Gasteiger partial charge in [-0.2, -0.15) is 9.61 Å². The van der Waals surface area contributed by atoms with Crippen LogP contribution in [0.25, 0.3) is 38.7 Å². The average Bonchev–Trinajstić information content (AvgIpc) is 3.23. The highest BCUT2D eigenvalue weighted by Gasteiger charge is 2.22. The van der Waals surface area contributed by atoms with E-state index < -0.39 is 0 Å². The molecule has 9 heteroatoms. The van der Waals surface area contributed by atoms with Gasteiger partial charge < -0.3 is 10.5 Å². The molecule has 5 aromatic rings. The van der Waals surface area contributed by atoms with Crippen LogP contribution < -0.4 is 11.3 Å². The lowest BCUT2D eigenvalue weighted by molar-refractivity contribution is 0.0697. The van der Waals surface area contributed by atoms with Crippen LogP contribution in [0.15, 0.2) is 53.6 Å². The molecule has 160 valence electrons. The average molecular weight is 430 g/mol. The second-order valence-corrected chi connectivity index (χ2v) is 7.97. The lowest BCUT2D eigenvalue weighted by Gasteiger charge is -2.25. The highest BCUT2D eigenvalue weighted by Crippen LogP contribution is 2.31. The number of anilines is 1. The molecule has 0 aliphatic carbocycles. The van der Waals surface area contributed by atoms with Gasteiger partial charge in [-0.15, -0.1) is 0 Å². The molecule has 1 aliphatic heterocycles. The quantitative estimate of drug-likeness (QED) is 0.461. The van der Waals surface area contributed by atoms with Crippen LogP contribution in [-0.2, 0) is 4.74 Å². The van der Waals surface area contributed by atoms with Crippen molar-refractivity contribution in [2.75, 3.05) is 18.9 Å². The van der Waals surface area contributed by atoms with Crippen LogP contribution >= 0.6 is 0 Å². The van der Waals surface area contributed by atoms with Crippen molar-refractivity contribution in [2.24, 2.45) is 0 Å². The standard InChI is InChI=1S/C23H19FN6O2/c24-15-1-3-19-13(10-15)9-14(11-26-19)18-12-27-30-21(25)17-2-4-20(31)29(22(17)28-23(18)30)16-5-7-32-8-6-16/h1-4,9-12,16H,5-8,25H2. The second-order valence-electron chi connectivity index (χ2n) is 7.97. The van der Waals surface area contributed by atoms with Crippen LogP contribution in [-0.4, -0.2) is 37.4 Å². The van der Waals surface area contributed by atoms with Gasteiger partial charge in [0.25, 0.3) is 5.56 Å². The second kappa shape index (κ2) is 7.10. The molecule has 1 aliphatic rings. The van der Waals surface area contributed by atoms with Crippen molar-refractivity contribution in [2.45, 2.75) is 18.9 Å². The van der Waals surface area contributed by atoms with E-state index >= 15 is 0 Å². The third-order valence-corrected chi connectivity index (χ3v) is 6.07. The molecule has 0 bridgehead atoms. The molecule has 5 heterocycles. The monoisotopic (exact) mass is 430 g/mol. The zero-order valence-electron chi connectivity index (χ0n) is 17.0. The van der Waals surface area contributed by atoms with Crippen LogP contribution in [0, 0.1) is 5.82 Å². The van der Waals surface area contributed by atoms with E-state index in [1.165, 1.54) is 18.2 Å². The Morgan fingerprint density at radius 3 is 2.75 bits per heavy atom.